The van der Waals surface area contributed by atoms with Crippen molar-refractivity contribution >= 4 is 58.2 Å². The molecule has 12 heteroatoms. The summed E-state index contributed by atoms with van der Waals surface area (Å²) >= 11 is 12.2. The molecule has 1 aromatic heterocycles. The first-order chi connectivity index (χ1) is 18.3. The lowest BCUT2D eigenvalue weighted by Gasteiger charge is -2.32. The zero-order valence-electron chi connectivity index (χ0n) is 20.1. The fraction of sp³-hybridized carbons (Fsp3) is 0.192. The second kappa shape index (κ2) is 11.9. The number of amides is 4. The molecule has 4 N–H and O–H groups in total. The Morgan fingerprint density at radius 3 is 2.37 bits per heavy atom. The van der Waals surface area contributed by atoms with E-state index >= 15 is 0 Å². The zero-order valence-corrected chi connectivity index (χ0v) is 21.6. The van der Waals surface area contributed by atoms with Gasteiger partial charge in [0.2, 0.25) is 5.91 Å². The van der Waals surface area contributed by atoms with Crippen molar-refractivity contribution < 1.29 is 19.2 Å². The molecule has 0 aliphatic carbocycles. The number of H-pyrrole nitrogens is 1. The van der Waals surface area contributed by atoms with Crippen LogP contribution in [0.4, 0.5) is 11.4 Å². The minimum absolute atomic E-state index is 0.0819. The van der Waals surface area contributed by atoms with Gasteiger partial charge in [-0.3, -0.25) is 24.3 Å². The summed E-state index contributed by atoms with van der Waals surface area (Å²) in [5, 5.41) is 15.0. The topological polar surface area (TPSA) is 136 Å². The number of carbonyl (C=O) groups excluding carboxylic acids is 4. The van der Waals surface area contributed by atoms with Gasteiger partial charge in [-0.25, -0.2) is 0 Å². The lowest BCUT2D eigenvalue weighted by Crippen LogP contribution is -2.46. The number of aromatic amines is 1. The maximum absolute atomic E-state index is 13.0. The fourth-order valence-electron chi connectivity index (χ4n) is 4.04. The minimum atomic E-state index is -0.573. The molecule has 2 heterocycles. The van der Waals surface area contributed by atoms with Crippen LogP contribution in [0, 0.1) is 0 Å². The molecule has 0 spiro atoms. The number of carbonyl (C=O) groups is 4. The summed E-state index contributed by atoms with van der Waals surface area (Å²) < 4.78 is 0. The Morgan fingerprint density at radius 1 is 1.00 bits per heavy atom. The SMILES string of the molecule is C=CC(=O)Nc1cccc(C(=O)N2CCC(NC(=O)c3[nH]ncc3NC(=O)c3c(Cl)cccc3Cl)CC2)c1. The molecule has 38 heavy (non-hydrogen) atoms. The first-order valence-electron chi connectivity index (χ1n) is 11.7. The molecule has 1 fully saturated rings. The number of hydrogen-bond donors (Lipinski definition) is 4. The van der Waals surface area contributed by atoms with E-state index in [2.05, 4.69) is 32.7 Å². The molecule has 1 saturated heterocycles. The molecule has 0 unspecified atom stereocenters. The van der Waals surface area contributed by atoms with Gasteiger partial charge in [-0.2, -0.15) is 5.10 Å². The van der Waals surface area contributed by atoms with Crippen molar-refractivity contribution in [3.63, 3.8) is 0 Å². The predicted octanol–water partition coefficient (Wildman–Crippen LogP) is 4.13. The number of nitrogens with zero attached hydrogens (tertiary/aromatic N) is 2. The van der Waals surface area contributed by atoms with Gasteiger partial charge in [0.1, 0.15) is 5.69 Å². The van der Waals surface area contributed by atoms with Gasteiger partial charge < -0.3 is 20.9 Å². The van der Waals surface area contributed by atoms with Gasteiger partial charge in [0, 0.05) is 30.4 Å². The number of nitrogens with one attached hydrogen (secondary N) is 4. The van der Waals surface area contributed by atoms with Gasteiger partial charge in [0.05, 0.1) is 27.5 Å². The summed E-state index contributed by atoms with van der Waals surface area (Å²) in [7, 11) is 0. The molecule has 4 rings (SSSR count). The summed E-state index contributed by atoms with van der Waals surface area (Å²) in [4.78, 5) is 51.8. The summed E-state index contributed by atoms with van der Waals surface area (Å²) in [6, 6.07) is 11.2. The number of anilines is 2. The smallest absolute Gasteiger partial charge is 0.271 e. The standard InChI is InChI=1S/C26H24Cl2N6O4/c1-2-21(35)30-17-6-3-5-15(13-17)26(38)34-11-9-16(10-12-34)31-25(37)23-20(14-29-33-23)32-24(36)22-18(27)7-4-8-19(22)28/h2-8,13-14,16H,1,9-12H2,(H,29,33)(H,30,35)(H,31,37)(H,32,36). The molecule has 0 radical (unpaired) electrons. The quantitative estimate of drug-likeness (QED) is 0.325. The fourth-order valence-corrected chi connectivity index (χ4v) is 4.61. The van der Waals surface area contributed by atoms with Crippen molar-refractivity contribution in [3.05, 3.63) is 88.2 Å². The molecule has 196 valence electrons. The molecular weight excluding hydrogens is 531 g/mol. The van der Waals surface area contributed by atoms with Gasteiger partial charge in [-0.15, -0.1) is 0 Å². The Labute approximate surface area is 228 Å². The summed E-state index contributed by atoms with van der Waals surface area (Å²) in [6.07, 6.45) is 3.55. The Hall–Kier alpha value is -4.15. The number of hydrogen-bond acceptors (Lipinski definition) is 5. The van der Waals surface area contributed by atoms with Crippen LogP contribution in [-0.2, 0) is 4.79 Å². The Bertz CT molecular complexity index is 1380. The van der Waals surface area contributed by atoms with E-state index in [9.17, 15) is 19.2 Å². The third kappa shape index (κ3) is 6.21. The van der Waals surface area contributed by atoms with E-state index in [1.54, 1.807) is 47.4 Å². The van der Waals surface area contributed by atoms with Crippen molar-refractivity contribution in [2.75, 3.05) is 23.7 Å². The van der Waals surface area contributed by atoms with Crippen LogP contribution in [0.2, 0.25) is 10.0 Å². The molecule has 1 aliphatic rings. The Balaban J connectivity index is 1.33. The van der Waals surface area contributed by atoms with Crippen LogP contribution in [0.25, 0.3) is 0 Å². The monoisotopic (exact) mass is 554 g/mol. The van der Waals surface area contributed by atoms with Crippen molar-refractivity contribution in [2.24, 2.45) is 0 Å². The highest BCUT2D eigenvalue weighted by molar-refractivity contribution is 6.40. The molecule has 4 amide bonds. The molecule has 2 aromatic carbocycles. The lowest BCUT2D eigenvalue weighted by molar-refractivity contribution is -0.111. The number of halogens is 2. The Kier molecular flexibility index (Phi) is 8.45. The van der Waals surface area contributed by atoms with Crippen LogP contribution < -0.4 is 16.0 Å². The highest BCUT2D eigenvalue weighted by Crippen LogP contribution is 2.26. The molecule has 0 bridgehead atoms. The maximum Gasteiger partial charge on any atom is 0.271 e. The number of benzene rings is 2. The number of likely N-dealkylation sites (tertiary alicyclic amines) is 1. The molecule has 0 atom stereocenters. The summed E-state index contributed by atoms with van der Waals surface area (Å²) in [6.45, 7) is 4.29. The highest BCUT2D eigenvalue weighted by atomic mass is 35.5. The first-order valence-corrected chi connectivity index (χ1v) is 12.4. The molecular formula is C26H24Cl2N6O4. The number of piperidine rings is 1. The van der Waals surface area contributed by atoms with Crippen molar-refractivity contribution in [2.45, 2.75) is 18.9 Å². The van der Waals surface area contributed by atoms with Crippen molar-refractivity contribution in [1.29, 1.82) is 0 Å². The Morgan fingerprint density at radius 2 is 1.68 bits per heavy atom. The van der Waals surface area contributed by atoms with E-state index in [-0.39, 0.29) is 44.8 Å². The highest BCUT2D eigenvalue weighted by Gasteiger charge is 2.27. The van der Waals surface area contributed by atoms with Crippen LogP contribution in [0.1, 0.15) is 44.0 Å². The third-order valence-corrected chi connectivity index (χ3v) is 6.61. The zero-order chi connectivity index (χ0) is 27.2. The average molecular weight is 555 g/mol. The van der Waals surface area contributed by atoms with Crippen LogP contribution in [-0.4, -0.2) is 57.9 Å². The lowest BCUT2D eigenvalue weighted by atomic mass is 10.0. The number of rotatable bonds is 7. The van der Waals surface area contributed by atoms with Crippen molar-refractivity contribution in [3.8, 4) is 0 Å². The van der Waals surface area contributed by atoms with E-state index in [1.807, 2.05) is 0 Å². The number of aromatic nitrogens is 2. The van der Waals surface area contributed by atoms with E-state index in [0.717, 1.165) is 6.08 Å². The third-order valence-electron chi connectivity index (χ3n) is 5.98. The van der Waals surface area contributed by atoms with Gasteiger partial charge in [0.25, 0.3) is 17.7 Å². The molecule has 10 nitrogen and oxygen atoms in total. The van der Waals surface area contributed by atoms with E-state index in [4.69, 9.17) is 23.2 Å². The molecule has 1 aliphatic heterocycles. The molecule has 3 aromatic rings. The second-order valence-electron chi connectivity index (χ2n) is 8.52. The van der Waals surface area contributed by atoms with Crippen LogP contribution in [0.15, 0.2) is 61.3 Å². The van der Waals surface area contributed by atoms with Crippen LogP contribution in [0.5, 0.6) is 0 Å². The van der Waals surface area contributed by atoms with Gasteiger partial charge in [-0.05, 0) is 49.2 Å². The normalized spacial score (nSPS) is 13.5. The average Bonchev–Trinajstić information content (AvgIpc) is 3.37. The van der Waals surface area contributed by atoms with Gasteiger partial charge >= 0.3 is 0 Å². The molecule has 0 saturated carbocycles. The largest absolute Gasteiger partial charge is 0.348 e. The first kappa shape index (κ1) is 26.9. The predicted molar refractivity (Wildman–Crippen MR) is 145 cm³/mol. The van der Waals surface area contributed by atoms with E-state index in [1.165, 1.54) is 6.20 Å². The minimum Gasteiger partial charge on any atom is -0.348 e. The summed E-state index contributed by atoms with van der Waals surface area (Å²) in [5.74, 6) is -1.55. The van der Waals surface area contributed by atoms with Crippen molar-refractivity contribution in [1.82, 2.24) is 20.4 Å². The van der Waals surface area contributed by atoms with Gasteiger partial charge in [0.15, 0.2) is 0 Å². The van der Waals surface area contributed by atoms with Gasteiger partial charge in [-0.1, -0.05) is 41.9 Å². The van der Waals surface area contributed by atoms with E-state index < -0.39 is 11.8 Å². The van der Waals surface area contributed by atoms with Crippen LogP contribution >= 0.6 is 23.2 Å². The second-order valence-corrected chi connectivity index (χ2v) is 9.34. The summed E-state index contributed by atoms with van der Waals surface area (Å²) in [5.41, 5.74) is 1.31. The van der Waals surface area contributed by atoms with Crippen LogP contribution in [0.3, 0.4) is 0 Å². The maximum atomic E-state index is 13.0. The van der Waals surface area contributed by atoms with E-state index in [0.29, 0.717) is 37.2 Å².